The van der Waals surface area contributed by atoms with Gasteiger partial charge in [0.2, 0.25) is 0 Å². The standard InChI is InChI=1S/C23H22N2O5S/c1-29-19-8-7-17-13-16(4-6-18(17)14-19)5-9-22(27)30-15-21(26)25-23(28)24-11-10-20-3-2-12-31-20/h2-9,12-14H,10-11,15H2,1H3,(H2,24,25,26,28)/b9-5+. The van der Waals surface area contributed by atoms with Crippen LogP contribution in [0.4, 0.5) is 4.79 Å². The largest absolute Gasteiger partial charge is 0.497 e. The number of carbonyl (C=O) groups is 3. The predicted octanol–water partition coefficient (Wildman–Crippen LogP) is 3.53. The first kappa shape index (κ1) is 22.0. The fourth-order valence-electron chi connectivity index (χ4n) is 2.78. The van der Waals surface area contributed by atoms with Crippen molar-refractivity contribution in [2.75, 3.05) is 20.3 Å². The molecule has 1 heterocycles. The zero-order valence-electron chi connectivity index (χ0n) is 16.9. The second-order valence-corrected chi connectivity index (χ2v) is 7.58. The van der Waals surface area contributed by atoms with Crippen molar-refractivity contribution in [3.8, 4) is 5.75 Å². The van der Waals surface area contributed by atoms with Crippen LogP contribution in [-0.4, -0.2) is 38.2 Å². The summed E-state index contributed by atoms with van der Waals surface area (Å²) in [5.41, 5.74) is 0.809. The number of esters is 1. The van der Waals surface area contributed by atoms with Gasteiger partial charge >= 0.3 is 12.0 Å². The number of nitrogens with one attached hydrogen (secondary N) is 2. The van der Waals surface area contributed by atoms with Crippen LogP contribution >= 0.6 is 11.3 Å². The minimum absolute atomic E-state index is 0.403. The number of imide groups is 1. The molecule has 0 spiro atoms. The van der Waals surface area contributed by atoms with Crippen molar-refractivity contribution in [3.63, 3.8) is 0 Å². The maximum atomic E-state index is 11.9. The van der Waals surface area contributed by atoms with E-state index in [9.17, 15) is 14.4 Å². The van der Waals surface area contributed by atoms with Gasteiger partial charge in [-0.1, -0.05) is 24.3 Å². The summed E-state index contributed by atoms with van der Waals surface area (Å²) in [6.45, 7) is -0.139. The third-order valence-electron chi connectivity index (χ3n) is 4.32. The van der Waals surface area contributed by atoms with Gasteiger partial charge in [0, 0.05) is 17.5 Å². The van der Waals surface area contributed by atoms with E-state index >= 15 is 0 Å². The molecule has 0 bridgehead atoms. The van der Waals surface area contributed by atoms with Crippen LogP contribution in [-0.2, 0) is 20.7 Å². The molecule has 3 aromatic rings. The Kier molecular flexibility index (Phi) is 7.78. The van der Waals surface area contributed by atoms with Crippen LogP contribution < -0.4 is 15.4 Å². The highest BCUT2D eigenvalue weighted by molar-refractivity contribution is 7.09. The lowest BCUT2D eigenvalue weighted by Crippen LogP contribution is -2.42. The van der Waals surface area contributed by atoms with Gasteiger partial charge < -0.3 is 14.8 Å². The fraction of sp³-hybridized carbons (Fsp3) is 0.174. The zero-order chi connectivity index (χ0) is 22.1. The summed E-state index contributed by atoms with van der Waals surface area (Å²) in [4.78, 5) is 36.4. The number of urea groups is 1. The number of ether oxygens (including phenoxy) is 2. The molecule has 8 heteroatoms. The molecule has 0 unspecified atom stereocenters. The first-order chi connectivity index (χ1) is 15.0. The Labute approximate surface area is 183 Å². The second kappa shape index (κ2) is 10.9. The number of fused-ring (bicyclic) bond motifs is 1. The summed E-state index contributed by atoms with van der Waals surface area (Å²) in [5.74, 6) is -0.605. The predicted molar refractivity (Wildman–Crippen MR) is 120 cm³/mol. The lowest BCUT2D eigenvalue weighted by molar-refractivity contribution is -0.143. The average Bonchev–Trinajstić information content (AvgIpc) is 3.29. The molecular formula is C23H22N2O5S. The smallest absolute Gasteiger partial charge is 0.331 e. The van der Waals surface area contributed by atoms with Gasteiger partial charge in [-0.15, -0.1) is 11.3 Å². The molecule has 160 valence electrons. The Morgan fingerprint density at radius 2 is 1.87 bits per heavy atom. The topological polar surface area (TPSA) is 93.7 Å². The number of methoxy groups -OCH3 is 1. The lowest BCUT2D eigenvalue weighted by atomic mass is 10.1. The number of benzene rings is 2. The average molecular weight is 439 g/mol. The number of thiophene rings is 1. The van der Waals surface area contributed by atoms with E-state index in [1.807, 2.05) is 53.9 Å². The van der Waals surface area contributed by atoms with Gasteiger partial charge in [-0.2, -0.15) is 0 Å². The van der Waals surface area contributed by atoms with Gasteiger partial charge in [-0.05, 0) is 58.5 Å². The van der Waals surface area contributed by atoms with E-state index in [1.165, 1.54) is 6.08 Å². The van der Waals surface area contributed by atoms with E-state index in [2.05, 4.69) is 10.6 Å². The molecule has 0 aliphatic carbocycles. The van der Waals surface area contributed by atoms with Gasteiger partial charge in [0.05, 0.1) is 7.11 Å². The van der Waals surface area contributed by atoms with Gasteiger partial charge in [-0.25, -0.2) is 9.59 Å². The molecule has 0 saturated heterocycles. The minimum Gasteiger partial charge on any atom is -0.497 e. The monoisotopic (exact) mass is 438 g/mol. The molecule has 2 N–H and O–H groups in total. The Morgan fingerprint density at radius 3 is 2.65 bits per heavy atom. The zero-order valence-corrected chi connectivity index (χ0v) is 17.7. The van der Waals surface area contributed by atoms with Gasteiger partial charge in [0.15, 0.2) is 6.61 Å². The molecule has 31 heavy (non-hydrogen) atoms. The molecule has 0 saturated carbocycles. The molecule has 3 amide bonds. The highest BCUT2D eigenvalue weighted by Gasteiger charge is 2.09. The van der Waals surface area contributed by atoms with E-state index in [4.69, 9.17) is 9.47 Å². The Hall–Kier alpha value is -3.65. The summed E-state index contributed by atoms with van der Waals surface area (Å²) >= 11 is 1.60. The molecule has 7 nitrogen and oxygen atoms in total. The fourth-order valence-corrected chi connectivity index (χ4v) is 3.49. The van der Waals surface area contributed by atoms with Crippen LogP contribution in [0.2, 0.25) is 0 Å². The molecule has 1 aromatic heterocycles. The van der Waals surface area contributed by atoms with Crippen molar-refractivity contribution in [2.24, 2.45) is 0 Å². The summed E-state index contributed by atoms with van der Waals surface area (Å²) < 4.78 is 10.1. The summed E-state index contributed by atoms with van der Waals surface area (Å²) in [6.07, 6.45) is 3.52. The van der Waals surface area contributed by atoms with Crippen molar-refractivity contribution in [3.05, 3.63) is 70.4 Å². The quantitative estimate of drug-likeness (QED) is 0.415. The van der Waals surface area contributed by atoms with Crippen molar-refractivity contribution >= 4 is 46.1 Å². The molecule has 0 aliphatic rings. The molecule has 0 radical (unpaired) electrons. The second-order valence-electron chi connectivity index (χ2n) is 6.55. The first-order valence-corrected chi connectivity index (χ1v) is 10.4. The minimum atomic E-state index is -0.699. The molecule has 0 fully saturated rings. The number of amides is 3. The highest BCUT2D eigenvalue weighted by Crippen LogP contribution is 2.22. The summed E-state index contributed by atoms with van der Waals surface area (Å²) in [5, 5.41) is 8.68. The van der Waals surface area contributed by atoms with Crippen LogP contribution in [0.3, 0.4) is 0 Å². The van der Waals surface area contributed by atoms with Crippen molar-refractivity contribution in [1.29, 1.82) is 0 Å². The Morgan fingerprint density at radius 1 is 1.06 bits per heavy atom. The van der Waals surface area contributed by atoms with Crippen molar-refractivity contribution in [2.45, 2.75) is 6.42 Å². The third-order valence-corrected chi connectivity index (χ3v) is 5.26. The van der Waals surface area contributed by atoms with Gasteiger partial charge in [0.1, 0.15) is 5.75 Å². The first-order valence-electron chi connectivity index (χ1n) is 9.56. The van der Waals surface area contributed by atoms with E-state index in [1.54, 1.807) is 24.5 Å². The molecule has 2 aromatic carbocycles. The molecule has 0 atom stereocenters. The SMILES string of the molecule is COc1ccc2cc(/C=C/C(=O)OCC(=O)NC(=O)NCCc3cccs3)ccc2c1. The van der Waals surface area contributed by atoms with E-state index in [0.29, 0.717) is 13.0 Å². The summed E-state index contributed by atoms with van der Waals surface area (Å²) in [6, 6.07) is 14.7. The normalized spacial score (nSPS) is 10.7. The maximum absolute atomic E-state index is 11.9. The molecule has 0 aliphatic heterocycles. The van der Waals surface area contributed by atoms with Gasteiger partial charge in [-0.3, -0.25) is 10.1 Å². The number of hydrogen-bond acceptors (Lipinski definition) is 6. The number of carbonyl (C=O) groups excluding carboxylic acids is 3. The van der Waals surface area contributed by atoms with Crippen LogP contribution in [0, 0.1) is 0 Å². The van der Waals surface area contributed by atoms with Crippen molar-refractivity contribution < 1.29 is 23.9 Å². The van der Waals surface area contributed by atoms with E-state index in [-0.39, 0.29) is 0 Å². The van der Waals surface area contributed by atoms with E-state index < -0.39 is 24.5 Å². The highest BCUT2D eigenvalue weighted by atomic mass is 32.1. The lowest BCUT2D eigenvalue weighted by Gasteiger charge is -2.06. The van der Waals surface area contributed by atoms with Crippen LogP contribution in [0.25, 0.3) is 16.8 Å². The van der Waals surface area contributed by atoms with Crippen molar-refractivity contribution in [1.82, 2.24) is 10.6 Å². The number of hydrogen-bond donors (Lipinski definition) is 2. The van der Waals surface area contributed by atoms with Crippen LogP contribution in [0.5, 0.6) is 5.75 Å². The Bertz CT molecular complexity index is 1090. The van der Waals surface area contributed by atoms with Gasteiger partial charge in [0.25, 0.3) is 5.91 Å². The summed E-state index contributed by atoms with van der Waals surface area (Å²) in [7, 11) is 1.61. The van der Waals surface area contributed by atoms with Crippen LogP contribution in [0.15, 0.2) is 60.0 Å². The van der Waals surface area contributed by atoms with E-state index in [0.717, 1.165) is 27.0 Å². The molecule has 3 rings (SSSR count). The van der Waals surface area contributed by atoms with Crippen LogP contribution in [0.1, 0.15) is 10.4 Å². The maximum Gasteiger partial charge on any atom is 0.331 e. The number of rotatable bonds is 8. The molecular weight excluding hydrogens is 416 g/mol. The third kappa shape index (κ3) is 6.97. The Balaban J connectivity index is 1.40.